The van der Waals surface area contributed by atoms with Crippen LogP contribution in [0.3, 0.4) is 0 Å². The Bertz CT molecular complexity index is 449. The second-order valence-corrected chi connectivity index (χ2v) is 4.76. The first-order chi connectivity index (χ1) is 8.50. The number of nitrogens with two attached hydrogens (primary N) is 1. The Morgan fingerprint density at radius 3 is 2.72 bits per heavy atom. The number of aromatic hydroxyl groups is 1. The van der Waals surface area contributed by atoms with Gasteiger partial charge >= 0.3 is 0 Å². The molecule has 0 atom stereocenters. The van der Waals surface area contributed by atoms with E-state index in [-0.39, 0.29) is 23.1 Å². The number of primary amides is 1. The van der Waals surface area contributed by atoms with Crippen LogP contribution in [-0.4, -0.2) is 23.5 Å². The molecule has 0 saturated heterocycles. The highest BCUT2D eigenvalue weighted by atomic mass is 79.9. The van der Waals surface area contributed by atoms with E-state index in [9.17, 15) is 14.7 Å². The van der Waals surface area contributed by atoms with Crippen LogP contribution in [0.1, 0.15) is 29.6 Å². The average Bonchev–Trinajstić information content (AvgIpc) is 2.31. The molecule has 0 aliphatic carbocycles. The highest BCUT2D eigenvalue weighted by Gasteiger charge is 2.10. The average molecular weight is 315 g/mol. The van der Waals surface area contributed by atoms with E-state index < -0.39 is 0 Å². The van der Waals surface area contributed by atoms with Gasteiger partial charge < -0.3 is 16.2 Å². The Hall–Kier alpha value is -1.56. The smallest absolute Gasteiger partial charge is 0.255 e. The standard InChI is InChI=1S/C12H15BrN2O3/c13-8-4-5-10(16)9(7-8)12(18)15-6-2-1-3-11(14)17/h4-5,7,16H,1-3,6H2,(H2,14,17)(H,15,18). The summed E-state index contributed by atoms with van der Waals surface area (Å²) in [5.74, 6) is -0.744. The van der Waals surface area contributed by atoms with Gasteiger partial charge in [0.05, 0.1) is 5.56 Å². The first-order valence-electron chi connectivity index (χ1n) is 5.55. The molecule has 0 radical (unpaired) electrons. The molecule has 0 fully saturated rings. The van der Waals surface area contributed by atoms with Crippen molar-refractivity contribution in [1.82, 2.24) is 5.32 Å². The van der Waals surface area contributed by atoms with E-state index in [1.54, 1.807) is 12.1 Å². The third kappa shape index (κ3) is 4.75. The van der Waals surface area contributed by atoms with Gasteiger partial charge in [0.15, 0.2) is 0 Å². The van der Waals surface area contributed by atoms with Gasteiger partial charge in [-0.25, -0.2) is 0 Å². The van der Waals surface area contributed by atoms with E-state index in [1.807, 2.05) is 0 Å². The lowest BCUT2D eigenvalue weighted by atomic mass is 10.2. The van der Waals surface area contributed by atoms with E-state index in [1.165, 1.54) is 6.07 Å². The van der Waals surface area contributed by atoms with Crippen molar-refractivity contribution in [2.45, 2.75) is 19.3 Å². The molecule has 0 aliphatic rings. The molecule has 0 spiro atoms. The van der Waals surface area contributed by atoms with Gasteiger partial charge in [0.1, 0.15) is 5.75 Å². The zero-order valence-electron chi connectivity index (χ0n) is 9.78. The van der Waals surface area contributed by atoms with Crippen molar-refractivity contribution in [1.29, 1.82) is 0 Å². The quantitative estimate of drug-likeness (QED) is 0.695. The number of nitrogens with one attached hydrogen (secondary N) is 1. The maximum Gasteiger partial charge on any atom is 0.255 e. The van der Waals surface area contributed by atoms with Crippen LogP contribution >= 0.6 is 15.9 Å². The lowest BCUT2D eigenvalue weighted by Gasteiger charge is -2.06. The monoisotopic (exact) mass is 314 g/mol. The normalized spacial score (nSPS) is 10.1. The molecule has 0 bridgehead atoms. The van der Waals surface area contributed by atoms with Gasteiger partial charge in [-0.05, 0) is 31.0 Å². The third-order valence-electron chi connectivity index (χ3n) is 2.34. The fourth-order valence-electron chi connectivity index (χ4n) is 1.41. The van der Waals surface area contributed by atoms with Crippen molar-refractivity contribution < 1.29 is 14.7 Å². The molecule has 6 heteroatoms. The Morgan fingerprint density at radius 2 is 2.06 bits per heavy atom. The molecule has 1 aromatic rings. The van der Waals surface area contributed by atoms with Gasteiger partial charge in [-0.3, -0.25) is 9.59 Å². The van der Waals surface area contributed by atoms with Crippen molar-refractivity contribution in [3.63, 3.8) is 0 Å². The zero-order valence-corrected chi connectivity index (χ0v) is 11.4. The molecule has 0 saturated carbocycles. The molecule has 2 amide bonds. The molecule has 1 rings (SSSR count). The Balaban J connectivity index is 2.41. The molecule has 0 heterocycles. The molecule has 4 N–H and O–H groups in total. The molecule has 1 aromatic carbocycles. The van der Waals surface area contributed by atoms with E-state index in [2.05, 4.69) is 21.2 Å². The minimum absolute atomic E-state index is 0.0622. The van der Waals surface area contributed by atoms with Gasteiger partial charge in [0.25, 0.3) is 5.91 Å². The van der Waals surface area contributed by atoms with E-state index in [0.717, 1.165) is 4.47 Å². The first-order valence-corrected chi connectivity index (χ1v) is 6.35. The summed E-state index contributed by atoms with van der Waals surface area (Å²) in [4.78, 5) is 22.2. The number of halogens is 1. The second kappa shape index (κ2) is 7.00. The number of phenolic OH excluding ortho intramolecular Hbond substituents is 1. The summed E-state index contributed by atoms with van der Waals surface area (Å²) < 4.78 is 0.721. The van der Waals surface area contributed by atoms with Crippen LogP contribution in [0.4, 0.5) is 0 Å². The number of carbonyl (C=O) groups is 2. The number of unbranched alkanes of at least 4 members (excludes halogenated alkanes) is 1. The minimum atomic E-state index is -0.342. The number of phenols is 1. The lowest BCUT2D eigenvalue weighted by Crippen LogP contribution is -2.24. The van der Waals surface area contributed by atoms with Gasteiger partial charge in [-0.1, -0.05) is 15.9 Å². The van der Waals surface area contributed by atoms with Crippen LogP contribution < -0.4 is 11.1 Å². The molecular weight excluding hydrogens is 300 g/mol. The molecule has 18 heavy (non-hydrogen) atoms. The van der Waals surface area contributed by atoms with Crippen molar-refractivity contribution in [3.8, 4) is 5.75 Å². The summed E-state index contributed by atoms with van der Waals surface area (Å²) in [7, 11) is 0. The van der Waals surface area contributed by atoms with Crippen molar-refractivity contribution in [2.75, 3.05) is 6.54 Å². The predicted molar refractivity (Wildman–Crippen MR) is 71.2 cm³/mol. The third-order valence-corrected chi connectivity index (χ3v) is 2.83. The Morgan fingerprint density at radius 1 is 1.33 bits per heavy atom. The fraction of sp³-hybridized carbons (Fsp3) is 0.333. The number of benzene rings is 1. The van der Waals surface area contributed by atoms with Gasteiger partial charge in [0.2, 0.25) is 5.91 Å². The van der Waals surface area contributed by atoms with Crippen LogP contribution in [-0.2, 0) is 4.79 Å². The summed E-state index contributed by atoms with van der Waals surface area (Å²) in [6.45, 7) is 0.443. The van der Waals surface area contributed by atoms with E-state index in [0.29, 0.717) is 25.8 Å². The van der Waals surface area contributed by atoms with E-state index in [4.69, 9.17) is 5.73 Å². The molecular formula is C12H15BrN2O3. The van der Waals surface area contributed by atoms with Crippen molar-refractivity contribution in [2.24, 2.45) is 5.73 Å². The summed E-state index contributed by atoms with van der Waals surface area (Å²) >= 11 is 3.23. The first kappa shape index (κ1) is 14.5. The zero-order chi connectivity index (χ0) is 13.5. The molecule has 0 aromatic heterocycles. The van der Waals surface area contributed by atoms with Crippen molar-refractivity contribution in [3.05, 3.63) is 28.2 Å². The number of amides is 2. The number of rotatable bonds is 6. The summed E-state index contributed by atoms with van der Waals surface area (Å²) in [5, 5.41) is 12.2. The molecule has 0 aliphatic heterocycles. The lowest BCUT2D eigenvalue weighted by molar-refractivity contribution is -0.118. The van der Waals surface area contributed by atoms with Crippen LogP contribution in [0.15, 0.2) is 22.7 Å². The van der Waals surface area contributed by atoms with Gasteiger partial charge in [-0.2, -0.15) is 0 Å². The Labute approximate surface area is 113 Å². The summed E-state index contributed by atoms with van der Waals surface area (Å²) in [6, 6.07) is 4.65. The van der Waals surface area contributed by atoms with Gasteiger partial charge in [-0.15, -0.1) is 0 Å². The number of carbonyl (C=O) groups excluding carboxylic acids is 2. The number of hydrogen-bond donors (Lipinski definition) is 3. The molecule has 5 nitrogen and oxygen atoms in total. The summed E-state index contributed by atoms with van der Waals surface area (Å²) in [5.41, 5.74) is 5.22. The SMILES string of the molecule is NC(=O)CCCCNC(=O)c1cc(Br)ccc1O. The maximum absolute atomic E-state index is 11.7. The fourth-order valence-corrected chi connectivity index (χ4v) is 1.77. The highest BCUT2D eigenvalue weighted by molar-refractivity contribution is 9.10. The van der Waals surface area contributed by atoms with E-state index >= 15 is 0 Å². The second-order valence-electron chi connectivity index (χ2n) is 3.84. The van der Waals surface area contributed by atoms with Crippen molar-refractivity contribution >= 4 is 27.7 Å². The van der Waals surface area contributed by atoms with Crippen LogP contribution in [0.25, 0.3) is 0 Å². The Kier molecular flexibility index (Phi) is 5.64. The summed E-state index contributed by atoms with van der Waals surface area (Å²) in [6.07, 6.45) is 1.63. The predicted octanol–water partition coefficient (Wildman–Crippen LogP) is 1.54. The topological polar surface area (TPSA) is 92.4 Å². The largest absolute Gasteiger partial charge is 0.507 e. The van der Waals surface area contributed by atoms with Crippen LogP contribution in [0.5, 0.6) is 5.75 Å². The number of hydrogen-bond acceptors (Lipinski definition) is 3. The van der Waals surface area contributed by atoms with Crippen LogP contribution in [0, 0.1) is 0 Å². The van der Waals surface area contributed by atoms with Gasteiger partial charge in [0, 0.05) is 17.4 Å². The van der Waals surface area contributed by atoms with Crippen LogP contribution in [0.2, 0.25) is 0 Å². The maximum atomic E-state index is 11.7. The highest BCUT2D eigenvalue weighted by Crippen LogP contribution is 2.21. The minimum Gasteiger partial charge on any atom is -0.507 e. The molecule has 0 unspecified atom stereocenters. The molecule has 98 valence electrons.